The van der Waals surface area contributed by atoms with Crippen molar-refractivity contribution in [3.63, 3.8) is 0 Å². The highest BCUT2D eigenvalue weighted by Gasteiger charge is 2.33. The van der Waals surface area contributed by atoms with Crippen LogP contribution in [0.15, 0.2) is 24.5 Å². The van der Waals surface area contributed by atoms with Crippen LogP contribution in [-0.2, 0) is 4.74 Å². The van der Waals surface area contributed by atoms with Gasteiger partial charge in [-0.05, 0) is 62.3 Å². The normalized spacial score (nSPS) is 21.2. The van der Waals surface area contributed by atoms with Crippen molar-refractivity contribution in [3.05, 3.63) is 46.8 Å². The summed E-state index contributed by atoms with van der Waals surface area (Å²) >= 11 is 0. The van der Waals surface area contributed by atoms with Crippen LogP contribution < -0.4 is 9.80 Å². The fourth-order valence-corrected chi connectivity index (χ4v) is 4.61. The lowest BCUT2D eigenvalue weighted by atomic mass is 10.1. The molecule has 5 rings (SSSR count). The summed E-state index contributed by atoms with van der Waals surface area (Å²) in [5.74, 6) is 2.25. The lowest BCUT2D eigenvalue weighted by Gasteiger charge is -2.36. The Kier molecular flexibility index (Phi) is 5.23. The molecule has 2 aromatic heterocycles. The number of nitrogens with zero attached hydrogens (tertiary/aromatic N) is 5. The molecule has 2 aromatic rings. The van der Waals surface area contributed by atoms with E-state index in [2.05, 4.69) is 22.9 Å². The molecule has 3 aliphatic rings. The van der Waals surface area contributed by atoms with Crippen molar-refractivity contribution in [2.75, 3.05) is 42.6 Å². The molecule has 0 aromatic carbocycles. The van der Waals surface area contributed by atoms with Crippen LogP contribution in [0.1, 0.15) is 52.7 Å². The molecule has 1 atom stereocenters. The topological polar surface area (TPSA) is 78.9 Å². The fourth-order valence-electron chi connectivity index (χ4n) is 4.61. The predicted octanol–water partition coefficient (Wildman–Crippen LogP) is 3.28. The molecule has 0 N–H and O–H groups in total. The van der Waals surface area contributed by atoms with Gasteiger partial charge in [0.1, 0.15) is 18.2 Å². The van der Waals surface area contributed by atoms with E-state index in [1.165, 1.54) is 24.0 Å². The third kappa shape index (κ3) is 3.78. The van der Waals surface area contributed by atoms with Gasteiger partial charge in [0.2, 0.25) is 0 Å². The van der Waals surface area contributed by atoms with E-state index in [-0.39, 0.29) is 11.9 Å². The molecule has 0 spiro atoms. The molecule has 4 heterocycles. The number of hydrogen-bond acceptors (Lipinski definition) is 6. The molecule has 1 saturated carbocycles. The van der Waals surface area contributed by atoms with E-state index >= 15 is 0 Å². The first-order valence-electron chi connectivity index (χ1n) is 11.4. The van der Waals surface area contributed by atoms with Gasteiger partial charge in [-0.1, -0.05) is 6.07 Å². The average molecular weight is 436 g/mol. The fraction of sp³-hybridized carbons (Fsp3) is 0.500. The number of rotatable bonds is 4. The zero-order valence-corrected chi connectivity index (χ0v) is 18.9. The minimum Gasteiger partial charge on any atom is -0.447 e. The minimum atomic E-state index is -0.391. The Morgan fingerprint density at radius 2 is 1.69 bits per heavy atom. The molecule has 8 heteroatoms. The molecule has 2 amide bonds. The van der Waals surface area contributed by atoms with Crippen molar-refractivity contribution in [2.24, 2.45) is 0 Å². The number of hydrogen-bond donors (Lipinski definition) is 0. The Morgan fingerprint density at radius 3 is 2.28 bits per heavy atom. The van der Waals surface area contributed by atoms with Crippen molar-refractivity contribution < 1.29 is 14.3 Å². The lowest BCUT2D eigenvalue weighted by Crippen LogP contribution is -2.49. The SMILES string of the molecule is Cc1cc(C2CC2)cnc1N1CCN(C(=O)c2cnc(N3C(=O)OCC3C)c(C)c2)CC1. The quantitative estimate of drug-likeness (QED) is 0.733. The lowest BCUT2D eigenvalue weighted by molar-refractivity contribution is 0.0746. The Labute approximate surface area is 188 Å². The van der Waals surface area contributed by atoms with Gasteiger partial charge in [0.05, 0.1) is 11.6 Å². The van der Waals surface area contributed by atoms with E-state index in [0.717, 1.165) is 24.5 Å². The van der Waals surface area contributed by atoms with E-state index in [0.29, 0.717) is 37.0 Å². The van der Waals surface area contributed by atoms with Gasteiger partial charge in [0.25, 0.3) is 5.91 Å². The highest BCUT2D eigenvalue weighted by Crippen LogP contribution is 2.40. The predicted molar refractivity (Wildman–Crippen MR) is 121 cm³/mol. The number of aryl methyl sites for hydroxylation is 2. The van der Waals surface area contributed by atoms with Gasteiger partial charge in [-0.25, -0.2) is 14.8 Å². The molecular formula is C24H29N5O3. The second-order valence-corrected chi connectivity index (χ2v) is 9.12. The van der Waals surface area contributed by atoms with Gasteiger partial charge in [0.15, 0.2) is 0 Å². The number of cyclic esters (lactones) is 1. The van der Waals surface area contributed by atoms with Crippen molar-refractivity contribution >= 4 is 23.6 Å². The van der Waals surface area contributed by atoms with Gasteiger partial charge in [-0.2, -0.15) is 0 Å². The number of pyridine rings is 2. The first kappa shape index (κ1) is 20.7. The van der Waals surface area contributed by atoms with E-state index in [4.69, 9.17) is 9.72 Å². The van der Waals surface area contributed by atoms with E-state index < -0.39 is 6.09 Å². The highest BCUT2D eigenvalue weighted by molar-refractivity contribution is 5.95. The molecule has 8 nitrogen and oxygen atoms in total. The molecule has 0 bridgehead atoms. The second kappa shape index (κ2) is 8.07. The number of ether oxygens (including phenoxy) is 1. The zero-order chi connectivity index (χ0) is 22.4. The van der Waals surface area contributed by atoms with Crippen molar-refractivity contribution in [3.8, 4) is 0 Å². The molecule has 1 aliphatic carbocycles. The smallest absolute Gasteiger partial charge is 0.415 e. The maximum atomic E-state index is 13.1. The number of aromatic nitrogens is 2. The molecule has 2 aliphatic heterocycles. The van der Waals surface area contributed by atoms with Gasteiger partial charge in [-0.3, -0.25) is 9.69 Å². The van der Waals surface area contributed by atoms with Gasteiger partial charge in [-0.15, -0.1) is 0 Å². The third-order valence-corrected chi connectivity index (χ3v) is 6.60. The summed E-state index contributed by atoms with van der Waals surface area (Å²) in [7, 11) is 0. The average Bonchev–Trinajstić information content (AvgIpc) is 3.59. The summed E-state index contributed by atoms with van der Waals surface area (Å²) in [6.45, 7) is 9.05. The summed E-state index contributed by atoms with van der Waals surface area (Å²) in [5.41, 5.74) is 3.89. The Balaban J connectivity index is 1.24. The van der Waals surface area contributed by atoms with E-state index in [9.17, 15) is 9.59 Å². The minimum absolute atomic E-state index is 0.0300. The summed E-state index contributed by atoms with van der Waals surface area (Å²) < 4.78 is 5.10. The number of carbonyl (C=O) groups excluding carboxylic acids is 2. The second-order valence-electron chi connectivity index (χ2n) is 9.12. The number of piperazine rings is 1. The first-order chi connectivity index (χ1) is 15.4. The van der Waals surface area contributed by atoms with Crippen LogP contribution in [0, 0.1) is 13.8 Å². The summed E-state index contributed by atoms with van der Waals surface area (Å²) in [4.78, 5) is 40.0. The van der Waals surface area contributed by atoms with Crippen molar-refractivity contribution in [1.29, 1.82) is 0 Å². The van der Waals surface area contributed by atoms with Crippen molar-refractivity contribution in [2.45, 2.75) is 45.6 Å². The monoisotopic (exact) mass is 435 g/mol. The number of amides is 2. The van der Waals surface area contributed by atoms with Crippen LogP contribution in [0.5, 0.6) is 0 Å². The van der Waals surface area contributed by atoms with Crippen LogP contribution >= 0.6 is 0 Å². The van der Waals surface area contributed by atoms with Gasteiger partial charge in [0, 0.05) is 38.6 Å². The van der Waals surface area contributed by atoms with Crippen LogP contribution in [-0.4, -0.2) is 65.7 Å². The first-order valence-corrected chi connectivity index (χ1v) is 11.4. The maximum Gasteiger partial charge on any atom is 0.415 e. The number of anilines is 2. The highest BCUT2D eigenvalue weighted by atomic mass is 16.6. The van der Waals surface area contributed by atoms with Crippen LogP contribution in [0.4, 0.5) is 16.4 Å². The Bertz CT molecular complexity index is 1060. The largest absolute Gasteiger partial charge is 0.447 e. The summed E-state index contributed by atoms with van der Waals surface area (Å²) in [6, 6.07) is 4.01. The van der Waals surface area contributed by atoms with Crippen LogP contribution in [0.3, 0.4) is 0 Å². The van der Waals surface area contributed by atoms with Crippen LogP contribution in [0.25, 0.3) is 0 Å². The van der Waals surface area contributed by atoms with Crippen molar-refractivity contribution in [1.82, 2.24) is 14.9 Å². The Morgan fingerprint density at radius 1 is 1.00 bits per heavy atom. The van der Waals surface area contributed by atoms with Gasteiger partial charge < -0.3 is 14.5 Å². The molecule has 0 radical (unpaired) electrons. The third-order valence-electron chi connectivity index (χ3n) is 6.60. The van der Waals surface area contributed by atoms with E-state index in [1.807, 2.05) is 31.0 Å². The molecule has 168 valence electrons. The van der Waals surface area contributed by atoms with E-state index in [1.54, 1.807) is 11.1 Å². The van der Waals surface area contributed by atoms with Crippen LogP contribution in [0.2, 0.25) is 0 Å². The Hall–Kier alpha value is -3.16. The maximum absolute atomic E-state index is 13.1. The molecule has 2 saturated heterocycles. The summed E-state index contributed by atoms with van der Waals surface area (Å²) in [5, 5.41) is 0. The molecule has 3 fully saturated rings. The van der Waals surface area contributed by atoms with Gasteiger partial charge >= 0.3 is 6.09 Å². The summed E-state index contributed by atoms with van der Waals surface area (Å²) in [6.07, 6.45) is 5.75. The standard InChI is InChI=1S/C24H29N5O3/c1-15-10-19(18-4-5-18)12-25-21(15)27-6-8-28(9-7-27)23(30)20-11-16(2)22(26-13-20)29-17(3)14-32-24(29)31/h10-13,17-18H,4-9,14H2,1-3H3. The molecule has 32 heavy (non-hydrogen) atoms. The zero-order valence-electron chi connectivity index (χ0n) is 18.9. The number of carbonyl (C=O) groups is 2. The molecular weight excluding hydrogens is 406 g/mol. The molecule has 1 unspecified atom stereocenters.